The van der Waals surface area contributed by atoms with Gasteiger partial charge in [0.2, 0.25) is 5.91 Å². The van der Waals surface area contributed by atoms with Gasteiger partial charge in [0.25, 0.3) is 0 Å². The van der Waals surface area contributed by atoms with Crippen molar-refractivity contribution in [1.82, 2.24) is 15.5 Å². The third-order valence-electron chi connectivity index (χ3n) is 2.13. The maximum Gasteiger partial charge on any atom is 0.234 e. The molecule has 0 aromatic rings. The summed E-state index contributed by atoms with van der Waals surface area (Å²) in [5.74, 6) is 5.61. The van der Waals surface area contributed by atoms with Crippen LogP contribution in [0.15, 0.2) is 0 Å². The lowest BCUT2D eigenvalue weighted by Crippen LogP contribution is -2.47. The van der Waals surface area contributed by atoms with Crippen LogP contribution in [0.1, 0.15) is 6.92 Å². The van der Waals surface area contributed by atoms with Crippen molar-refractivity contribution in [3.63, 3.8) is 0 Å². The van der Waals surface area contributed by atoms with Gasteiger partial charge in [-0.3, -0.25) is 9.69 Å². The highest BCUT2D eigenvalue weighted by Crippen LogP contribution is 1.90. The number of rotatable bonds is 3. The molecule has 1 amide bonds. The van der Waals surface area contributed by atoms with Gasteiger partial charge in [-0.15, -0.1) is 5.92 Å². The normalized spacial score (nSPS) is 16.9. The van der Waals surface area contributed by atoms with Crippen LogP contribution in [-0.2, 0) is 4.79 Å². The molecule has 4 heteroatoms. The molecule has 0 saturated carbocycles. The van der Waals surface area contributed by atoms with Crippen LogP contribution in [0.25, 0.3) is 0 Å². The SMILES string of the molecule is CC#CCNC(=O)CN1CCNCC1. The second-order valence-electron chi connectivity index (χ2n) is 3.23. The summed E-state index contributed by atoms with van der Waals surface area (Å²) in [7, 11) is 0. The summed E-state index contributed by atoms with van der Waals surface area (Å²) in [6.45, 7) is 6.57. The van der Waals surface area contributed by atoms with E-state index in [1.807, 2.05) is 0 Å². The smallest absolute Gasteiger partial charge is 0.234 e. The van der Waals surface area contributed by atoms with Crippen LogP contribution in [-0.4, -0.2) is 50.1 Å². The van der Waals surface area contributed by atoms with E-state index in [2.05, 4.69) is 27.4 Å². The van der Waals surface area contributed by atoms with Gasteiger partial charge in [-0.2, -0.15) is 0 Å². The van der Waals surface area contributed by atoms with Crippen molar-refractivity contribution in [2.24, 2.45) is 0 Å². The quantitative estimate of drug-likeness (QED) is 0.570. The summed E-state index contributed by atoms with van der Waals surface area (Å²) >= 11 is 0. The van der Waals surface area contributed by atoms with E-state index < -0.39 is 0 Å². The summed E-state index contributed by atoms with van der Waals surface area (Å²) < 4.78 is 0. The van der Waals surface area contributed by atoms with Crippen LogP contribution in [0, 0.1) is 11.8 Å². The van der Waals surface area contributed by atoms with Gasteiger partial charge >= 0.3 is 0 Å². The minimum atomic E-state index is 0.0645. The number of hydrogen-bond donors (Lipinski definition) is 2. The Morgan fingerprint density at radius 3 is 2.86 bits per heavy atom. The predicted octanol–water partition coefficient (Wildman–Crippen LogP) is -0.969. The molecule has 1 rings (SSSR count). The van der Waals surface area contributed by atoms with E-state index in [0.29, 0.717) is 13.1 Å². The number of hydrogen-bond acceptors (Lipinski definition) is 3. The molecule has 2 N–H and O–H groups in total. The lowest BCUT2D eigenvalue weighted by Gasteiger charge is -2.26. The van der Waals surface area contributed by atoms with E-state index in [1.165, 1.54) is 0 Å². The highest BCUT2D eigenvalue weighted by atomic mass is 16.2. The van der Waals surface area contributed by atoms with Gasteiger partial charge < -0.3 is 10.6 Å². The Balaban J connectivity index is 2.14. The zero-order valence-electron chi connectivity index (χ0n) is 8.60. The first kappa shape index (κ1) is 11.0. The number of carbonyl (C=O) groups excluding carboxylic acids is 1. The third kappa shape index (κ3) is 4.26. The Hall–Kier alpha value is -1.05. The standard InChI is InChI=1S/C10H17N3O/c1-2-3-4-12-10(14)9-13-7-5-11-6-8-13/h11H,4-9H2,1H3,(H,12,14). The van der Waals surface area contributed by atoms with E-state index in [9.17, 15) is 4.79 Å². The zero-order valence-corrected chi connectivity index (χ0v) is 8.60. The van der Waals surface area contributed by atoms with Crippen LogP contribution >= 0.6 is 0 Å². The molecule has 0 aliphatic carbocycles. The number of carbonyl (C=O) groups is 1. The second-order valence-corrected chi connectivity index (χ2v) is 3.23. The summed E-state index contributed by atoms with van der Waals surface area (Å²) in [6, 6.07) is 0. The fourth-order valence-electron chi connectivity index (χ4n) is 1.36. The number of piperazine rings is 1. The number of nitrogens with one attached hydrogen (secondary N) is 2. The van der Waals surface area contributed by atoms with Crippen molar-refractivity contribution < 1.29 is 4.79 Å². The average Bonchev–Trinajstić information content (AvgIpc) is 2.20. The third-order valence-corrected chi connectivity index (χ3v) is 2.13. The van der Waals surface area contributed by atoms with E-state index in [1.54, 1.807) is 6.92 Å². The molecule has 14 heavy (non-hydrogen) atoms. The lowest BCUT2D eigenvalue weighted by atomic mass is 10.3. The van der Waals surface area contributed by atoms with Crippen molar-refractivity contribution in [1.29, 1.82) is 0 Å². The van der Waals surface area contributed by atoms with Crippen molar-refractivity contribution in [2.45, 2.75) is 6.92 Å². The molecule has 1 heterocycles. The Bertz CT molecular complexity index is 235. The molecule has 1 saturated heterocycles. The topological polar surface area (TPSA) is 44.4 Å². The molecular weight excluding hydrogens is 178 g/mol. The molecule has 1 aliphatic heterocycles. The lowest BCUT2D eigenvalue weighted by molar-refractivity contribution is -0.122. The molecule has 0 radical (unpaired) electrons. The molecule has 0 unspecified atom stereocenters. The molecule has 0 aromatic heterocycles. The molecule has 1 aliphatic rings. The van der Waals surface area contributed by atoms with Gasteiger partial charge in [-0.05, 0) is 6.92 Å². The Labute approximate surface area is 85.0 Å². The molecule has 1 fully saturated rings. The highest BCUT2D eigenvalue weighted by molar-refractivity contribution is 5.78. The van der Waals surface area contributed by atoms with Crippen LogP contribution in [0.4, 0.5) is 0 Å². The molecule has 78 valence electrons. The first-order chi connectivity index (χ1) is 6.83. The minimum absolute atomic E-state index is 0.0645. The summed E-state index contributed by atoms with van der Waals surface area (Å²) in [5, 5.41) is 6.00. The highest BCUT2D eigenvalue weighted by Gasteiger charge is 2.12. The van der Waals surface area contributed by atoms with Crippen LogP contribution in [0.3, 0.4) is 0 Å². The first-order valence-electron chi connectivity index (χ1n) is 4.92. The fourth-order valence-corrected chi connectivity index (χ4v) is 1.36. The zero-order chi connectivity index (χ0) is 10.2. The summed E-state index contributed by atoms with van der Waals surface area (Å²) in [4.78, 5) is 13.5. The number of amides is 1. The van der Waals surface area contributed by atoms with Crippen molar-refractivity contribution in [3.8, 4) is 11.8 Å². The first-order valence-corrected chi connectivity index (χ1v) is 4.92. The van der Waals surface area contributed by atoms with Crippen molar-refractivity contribution >= 4 is 5.91 Å². The van der Waals surface area contributed by atoms with Gasteiger partial charge in [0.05, 0.1) is 13.1 Å². The second kappa shape index (κ2) is 6.41. The monoisotopic (exact) mass is 195 g/mol. The van der Waals surface area contributed by atoms with Crippen molar-refractivity contribution in [2.75, 3.05) is 39.3 Å². The maximum atomic E-state index is 11.3. The molecule has 0 bridgehead atoms. The Morgan fingerprint density at radius 2 is 2.21 bits per heavy atom. The van der Waals surface area contributed by atoms with Crippen LogP contribution < -0.4 is 10.6 Å². The summed E-state index contributed by atoms with van der Waals surface area (Å²) in [5.41, 5.74) is 0. The van der Waals surface area contributed by atoms with Crippen molar-refractivity contribution in [3.05, 3.63) is 0 Å². The maximum absolute atomic E-state index is 11.3. The van der Waals surface area contributed by atoms with Gasteiger partial charge in [0.1, 0.15) is 0 Å². The summed E-state index contributed by atoms with van der Waals surface area (Å²) in [6.07, 6.45) is 0. The van der Waals surface area contributed by atoms with E-state index in [4.69, 9.17) is 0 Å². The number of nitrogens with zero attached hydrogens (tertiary/aromatic N) is 1. The largest absolute Gasteiger partial charge is 0.344 e. The van der Waals surface area contributed by atoms with E-state index in [0.717, 1.165) is 26.2 Å². The van der Waals surface area contributed by atoms with E-state index in [-0.39, 0.29) is 5.91 Å². The van der Waals surface area contributed by atoms with Gasteiger partial charge in [0, 0.05) is 26.2 Å². The van der Waals surface area contributed by atoms with Gasteiger partial charge in [-0.25, -0.2) is 0 Å². The molecule has 0 aromatic carbocycles. The molecule has 0 spiro atoms. The predicted molar refractivity (Wildman–Crippen MR) is 55.8 cm³/mol. The fraction of sp³-hybridized carbons (Fsp3) is 0.700. The van der Waals surface area contributed by atoms with Gasteiger partial charge in [0.15, 0.2) is 0 Å². The molecular formula is C10H17N3O. The Morgan fingerprint density at radius 1 is 1.50 bits per heavy atom. The Kier molecular flexibility index (Phi) is 5.05. The average molecular weight is 195 g/mol. The van der Waals surface area contributed by atoms with E-state index >= 15 is 0 Å². The molecule has 4 nitrogen and oxygen atoms in total. The van der Waals surface area contributed by atoms with Crippen LogP contribution in [0.5, 0.6) is 0 Å². The van der Waals surface area contributed by atoms with Crippen LogP contribution in [0.2, 0.25) is 0 Å². The van der Waals surface area contributed by atoms with Gasteiger partial charge in [-0.1, -0.05) is 5.92 Å². The minimum Gasteiger partial charge on any atom is -0.344 e. The molecule has 0 atom stereocenters.